The Labute approximate surface area is 151 Å². The van der Waals surface area contributed by atoms with Gasteiger partial charge in [0.05, 0.1) is 24.1 Å². The highest BCUT2D eigenvalue weighted by Gasteiger charge is 2.19. The maximum atomic E-state index is 12.3. The first kappa shape index (κ1) is 19.2. The number of rotatable bonds is 7. The summed E-state index contributed by atoms with van der Waals surface area (Å²) in [6.45, 7) is 4.62. The first-order valence-electron chi connectivity index (χ1n) is 8.24. The summed E-state index contributed by atoms with van der Waals surface area (Å²) in [6, 6.07) is 9.82. The molecule has 0 fully saturated rings. The molecule has 0 aliphatic rings. The molecule has 0 unspecified atom stereocenters. The van der Waals surface area contributed by atoms with Gasteiger partial charge in [0.2, 0.25) is 5.91 Å². The number of benzene rings is 1. The zero-order valence-corrected chi connectivity index (χ0v) is 14.9. The van der Waals surface area contributed by atoms with Crippen molar-refractivity contribution >= 4 is 17.8 Å². The van der Waals surface area contributed by atoms with Gasteiger partial charge in [-0.1, -0.05) is 44.2 Å². The number of aliphatic carboxylic acids is 1. The van der Waals surface area contributed by atoms with Crippen molar-refractivity contribution in [2.45, 2.75) is 26.8 Å². The first-order chi connectivity index (χ1) is 12.3. The fourth-order valence-electron chi connectivity index (χ4n) is 2.43. The Kier molecular flexibility index (Phi) is 6.16. The standard InChI is InChI=1S/C19H22N2O5/c1-11(2)17(19(24)25)21-16(22)10-20-18(23)14-9-15(26-12(14)3)13-7-5-4-6-8-13/h4-9,11,17H,10H2,1-3H3,(H,20,23)(H,21,22)(H,24,25)/p-1/t17-/m0/s1. The molecule has 2 N–H and O–H groups in total. The van der Waals surface area contributed by atoms with E-state index in [2.05, 4.69) is 10.6 Å². The number of hydrogen-bond donors (Lipinski definition) is 2. The first-order valence-corrected chi connectivity index (χ1v) is 8.24. The van der Waals surface area contributed by atoms with Crippen molar-refractivity contribution in [2.24, 2.45) is 5.92 Å². The number of aryl methyl sites for hydroxylation is 1. The topological polar surface area (TPSA) is 111 Å². The van der Waals surface area contributed by atoms with Crippen LogP contribution in [-0.2, 0) is 9.59 Å². The van der Waals surface area contributed by atoms with E-state index in [4.69, 9.17) is 4.42 Å². The Bertz CT molecular complexity index is 796. The van der Waals surface area contributed by atoms with Gasteiger partial charge in [0, 0.05) is 5.56 Å². The SMILES string of the molecule is Cc1oc(-c2ccccc2)cc1C(=O)NCC(=O)N[C@H](C(=O)[O-])C(C)C. The molecule has 1 atom stereocenters. The molecule has 0 bridgehead atoms. The Morgan fingerprint density at radius 3 is 2.38 bits per heavy atom. The van der Waals surface area contributed by atoms with E-state index in [0.29, 0.717) is 17.1 Å². The predicted molar refractivity (Wildman–Crippen MR) is 93.0 cm³/mol. The average molecular weight is 357 g/mol. The van der Waals surface area contributed by atoms with Crippen molar-refractivity contribution in [1.82, 2.24) is 10.6 Å². The molecule has 2 rings (SSSR count). The number of carboxylic acid groups (broad SMARTS) is 1. The molecule has 0 radical (unpaired) electrons. The van der Waals surface area contributed by atoms with E-state index >= 15 is 0 Å². The van der Waals surface area contributed by atoms with Crippen LogP contribution in [-0.4, -0.2) is 30.4 Å². The summed E-state index contributed by atoms with van der Waals surface area (Å²) in [4.78, 5) is 35.2. The lowest BCUT2D eigenvalue weighted by Gasteiger charge is -2.23. The van der Waals surface area contributed by atoms with Crippen LogP contribution in [0.5, 0.6) is 0 Å². The van der Waals surface area contributed by atoms with Crippen LogP contribution in [0.2, 0.25) is 0 Å². The molecule has 26 heavy (non-hydrogen) atoms. The summed E-state index contributed by atoms with van der Waals surface area (Å²) in [5, 5.41) is 15.8. The summed E-state index contributed by atoms with van der Waals surface area (Å²) in [7, 11) is 0. The summed E-state index contributed by atoms with van der Waals surface area (Å²) < 4.78 is 5.61. The largest absolute Gasteiger partial charge is 0.548 e. The predicted octanol–water partition coefficient (Wildman–Crippen LogP) is 0.876. The van der Waals surface area contributed by atoms with Crippen LogP contribution in [0.15, 0.2) is 40.8 Å². The smallest absolute Gasteiger partial charge is 0.255 e. The summed E-state index contributed by atoms with van der Waals surface area (Å²) in [5.74, 6) is -1.79. The molecule has 7 nitrogen and oxygen atoms in total. The molecule has 2 aromatic rings. The lowest BCUT2D eigenvalue weighted by Crippen LogP contribution is -2.52. The number of amides is 2. The van der Waals surface area contributed by atoms with Crippen LogP contribution in [0.3, 0.4) is 0 Å². The molecular formula is C19H21N2O5-. The third-order valence-corrected chi connectivity index (χ3v) is 3.87. The van der Waals surface area contributed by atoms with Gasteiger partial charge in [-0.25, -0.2) is 0 Å². The van der Waals surface area contributed by atoms with Crippen molar-refractivity contribution in [3.63, 3.8) is 0 Å². The highest BCUT2D eigenvalue weighted by molar-refractivity contribution is 5.98. The van der Waals surface area contributed by atoms with E-state index in [-0.39, 0.29) is 12.5 Å². The molecule has 1 heterocycles. The van der Waals surface area contributed by atoms with Crippen LogP contribution < -0.4 is 15.7 Å². The zero-order chi connectivity index (χ0) is 19.3. The van der Waals surface area contributed by atoms with Gasteiger partial charge < -0.3 is 25.0 Å². The summed E-state index contributed by atoms with van der Waals surface area (Å²) in [6.07, 6.45) is 0. The van der Waals surface area contributed by atoms with Gasteiger partial charge >= 0.3 is 0 Å². The van der Waals surface area contributed by atoms with Crippen molar-refractivity contribution in [3.8, 4) is 11.3 Å². The zero-order valence-electron chi connectivity index (χ0n) is 14.9. The summed E-state index contributed by atoms with van der Waals surface area (Å²) >= 11 is 0. The highest BCUT2D eigenvalue weighted by atomic mass is 16.4. The van der Waals surface area contributed by atoms with E-state index in [1.807, 2.05) is 30.3 Å². The van der Waals surface area contributed by atoms with Crippen LogP contribution in [0.1, 0.15) is 30.0 Å². The van der Waals surface area contributed by atoms with Crippen molar-refractivity contribution in [2.75, 3.05) is 6.54 Å². The molecule has 138 valence electrons. The van der Waals surface area contributed by atoms with Gasteiger partial charge in [-0.15, -0.1) is 0 Å². The fraction of sp³-hybridized carbons (Fsp3) is 0.316. The fourth-order valence-corrected chi connectivity index (χ4v) is 2.43. The Morgan fingerprint density at radius 1 is 1.15 bits per heavy atom. The van der Waals surface area contributed by atoms with Crippen molar-refractivity contribution in [3.05, 3.63) is 47.7 Å². The van der Waals surface area contributed by atoms with Gasteiger partial charge in [-0.3, -0.25) is 9.59 Å². The lowest BCUT2D eigenvalue weighted by atomic mass is 10.1. The van der Waals surface area contributed by atoms with Crippen molar-refractivity contribution in [1.29, 1.82) is 0 Å². The van der Waals surface area contributed by atoms with E-state index in [9.17, 15) is 19.5 Å². The quantitative estimate of drug-likeness (QED) is 0.764. The second-order valence-electron chi connectivity index (χ2n) is 6.24. The lowest BCUT2D eigenvalue weighted by molar-refractivity contribution is -0.309. The highest BCUT2D eigenvalue weighted by Crippen LogP contribution is 2.25. The van der Waals surface area contributed by atoms with E-state index in [0.717, 1.165) is 5.56 Å². The molecule has 0 saturated heterocycles. The Hall–Kier alpha value is -3.09. The molecule has 0 spiro atoms. The molecule has 2 amide bonds. The number of carboxylic acids is 1. The number of carbonyl (C=O) groups is 3. The van der Waals surface area contributed by atoms with Crippen LogP contribution >= 0.6 is 0 Å². The molecule has 0 aliphatic heterocycles. The van der Waals surface area contributed by atoms with Gasteiger partial charge in [0.1, 0.15) is 11.5 Å². The maximum Gasteiger partial charge on any atom is 0.255 e. The molecule has 1 aromatic heterocycles. The average Bonchev–Trinajstić information content (AvgIpc) is 2.99. The monoisotopic (exact) mass is 357 g/mol. The van der Waals surface area contributed by atoms with Crippen LogP contribution in [0, 0.1) is 12.8 Å². The minimum absolute atomic E-state index is 0.317. The van der Waals surface area contributed by atoms with E-state index in [1.165, 1.54) is 0 Å². The minimum atomic E-state index is -1.36. The second kappa shape index (κ2) is 8.33. The van der Waals surface area contributed by atoms with Crippen LogP contribution in [0.25, 0.3) is 11.3 Å². The van der Waals surface area contributed by atoms with E-state index < -0.39 is 23.8 Å². The normalized spacial score (nSPS) is 11.8. The van der Waals surface area contributed by atoms with Gasteiger partial charge in [-0.2, -0.15) is 0 Å². The van der Waals surface area contributed by atoms with Gasteiger partial charge in [0.25, 0.3) is 5.91 Å². The van der Waals surface area contributed by atoms with E-state index in [1.54, 1.807) is 26.8 Å². The molecule has 0 aliphatic carbocycles. The third-order valence-electron chi connectivity index (χ3n) is 3.87. The Morgan fingerprint density at radius 2 is 1.81 bits per heavy atom. The third kappa shape index (κ3) is 4.72. The van der Waals surface area contributed by atoms with Gasteiger partial charge in [-0.05, 0) is 18.9 Å². The maximum absolute atomic E-state index is 12.3. The number of nitrogens with one attached hydrogen (secondary N) is 2. The number of hydrogen-bond acceptors (Lipinski definition) is 5. The second-order valence-corrected chi connectivity index (χ2v) is 6.24. The van der Waals surface area contributed by atoms with Crippen LogP contribution in [0.4, 0.5) is 0 Å². The number of carbonyl (C=O) groups excluding carboxylic acids is 3. The van der Waals surface area contributed by atoms with Gasteiger partial charge in [0.15, 0.2) is 0 Å². The number of furan rings is 1. The molecule has 1 aromatic carbocycles. The minimum Gasteiger partial charge on any atom is -0.548 e. The Balaban J connectivity index is 1.99. The summed E-state index contributed by atoms with van der Waals surface area (Å²) in [5.41, 5.74) is 1.15. The molecule has 0 saturated carbocycles. The van der Waals surface area contributed by atoms with Crippen molar-refractivity contribution < 1.29 is 23.9 Å². The molecule has 7 heteroatoms. The molecular weight excluding hydrogens is 336 g/mol.